The number of nitrogens with one attached hydrogen (secondary N) is 1. The van der Waals surface area contributed by atoms with E-state index in [1.807, 2.05) is 24.3 Å². The lowest BCUT2D eigenvalue weighted by molar-refractivity contribution is -0.145. The summed E-state index contributed by atoms with van der Waals surface area (Å²) in [5, 5.41) is 2.58. The van der Waals surface area contributed by atoms with Crippen LogP contribution in [0, 0.1) is 0 Å². The van der Waals surface area contributed by atoms with Crippen molar-refractivity contribution >= 4 is 40.2 Å². The first-order valence-electron chi connectivity index (χ1n) is 8.98. The summed E-state index contributed by atoms with van der Waals surface area (Å²) in [6.45, 7) is 0.0116. The lowest BCUT2D eigenvalue weighted by Crippen LogP contribution is -2.31. The molecule has 1 N–H and O–H groups in total. The molecule has 1 amide bonds. The van der Waals surface area contributed by atoms with Crippen molar-refractivity contribution in [3.05, 3.63) is 65.9 Å². The number of carbonyl (C=O) groups is 2. The van der Waals surface area contributed by atoms with E-state index in [4.69, 9.17) is 4.74 Å². The standard InChI is InChI=1S/C21H15F3N2O3S/c22-21(23,24)14-6-7-16-15(9-14)26-20(28)17(30-16)10-18(27)29-11-13-4-1-3-12-5-2-8-25-19(12)13/h1-9,17H,10-11H2,(H,26,28)/t17-/m0/s1. The van der Waals surface area contributed by atoms with Crippen molar-refractivity contribution in [2.24, 2.45) is 0 Å². The lowest BCUT2D eigenvalue weighted by atomic mass is 10.1. The molecule has 0 unspecified atom stereocenters. The highest BCUT2D eigenvalue weighted by Gasteiger charge is 2.34. The van der Waals surface area contributed by atoms with Crippen LogP contribution >= 0.6 is 11.8 Å². The molecule has 0 fully saturated rings. The molecule has 5 nitrogen and oxygen atoms in total. The van der Waals surface area contributed by atoms with Gasteiger partial charge in [0, 0.05) is 22.0 Å². The van der Waals surface area contributed by atoms with E-state index in [-0.39, 0.29) is 18.7 Å². The van der Waals surface area contributed by atoms with E-state index in [1.54, 1.807) is 12.3 Å². The maximum atomic E-state index is 12.8. The van der Waals surface area contributed by atoms with Crippen LogP contribution in [0.25, 0.3) is 10.9 Å². The maximum Gasteiger partial charge on any atom is 0.416 e. The monoisotopic (exact) mass is 432 g/mol. The van der Waals surface area contributed by atoms with Crippen molar-refractivity contribution in [1.29, 1.82) is 0 Å². The van der Waals surface area contributed by atoms with Crippen molar-refractivity contribution in [1.82, 2.24) is 4.98 Å². The summed E-state index contributed by atoms with van der Waals surface area (Å²) >= 11 is 1.04. The van der Waals surface area contributed by atoms with Crippen molar-refractivity contribution in [2.75, 3.05) is 5.32 Å². The lowest BCUT2D eigenvalue weighted by Gasteiger charge is -2.24. The molecule has 3 aromatic rings. The minimum absolute atomic E-state index is 0.0116. The molecule has 2 heterocycles. The summed E-state index contributed by atoms with van der Waals surface area (Å²) in [4.78, 5) is 29.3. The van der Waals surface area contributed by atoms with Crippen molar-refractivity contribution in [2.45, 2.75) is 29.3 Å². The first-order valence-corrected chi connectivity index (χ1v) is 9.86. The van der Waals surface area contributed by atoms with Crippen LogP contribution in [0.3, 0.4) is 0 Å². The summed E-state index contributed by atoms with van der Waals surface area (Å²) in [6, 6.07) is 12.4. The largest absolute Gasteiger partial charge is 0.461 e. The number of fused-ring (bicyclic) bond motifs is 2. The number of amides is 1. The van der Waals surface area contributed by atoms with Gasteiger partial charge in [-0.1, -0.05) is 24.3 Å². The number of halogens is 3. The predicted octanol–water partition coefficient (Wildman–Crippen LogP) is 4.80. The highest BCUT2D eigenvalue weighted by molar-refractivity contribution is 8.01. The number of pyridine rings is 1. The molecule has 0 aliphatic carbocycles. The van der Waals surface area contributed by atoms with Crippen LogP contribution in [0.4, 0.5) is 18.9 Å². The number of alkyl halides is 3. The van der Waals surface area contributed by atoms with Crippen LogP contribution in [0.1, 0.15) is 17.5 Å². The molecule has 0 bridgehead atoms. The van der Waals surface area contributed by atoms with Gasteiger partial charge in [-0.25, -0.2) is 0 Å². The van der Waals surface area contributed by atoms with E-state index >= 15 is 0 Å². The van der Waals surface area contributed by atoms with Crippen molar-refractivity contribution in [3.8, 4) is 0 Å². The third kappa shape index (κ3) is 4.25. The van der Waals surface area contributed by atoms with Gasteiger partial charge < -0.3 is 10.1 Å². The normalized spacial score (nSPS) is 16.1. The van der Waals surface area contributed by atoms with Crippen LogP contribution in [0.15, 0.2) is 59.6 Å². The number of thioether (sulfide) groups is 1. The summed E-state index contributed by atoms with van der Waals surface area (Å²) in [5.41, 5.74) is 0.717. The van der Waals surface area contributed by atoms with Gasteiger partial charge in [0.1, 0.15) is 6.61 Å². The second-order valence-corrected chi connectivity index (χ2v) is 7.91. The van der Waals surface area contributed by atoms with Gasteiger partial charge in [0.15, 0.2) is 0 Å². The smallest absolute Gasteiger partial charge is 0.416 e. The zero-order valence-corrected chi connectivity index (χ0v) is 16.2. The molecule has 0 radical (unpaired) electrons. The molecule has 1 aromatic heterocycles. The molecule has 30 heavy (non-hydrogen) atoms. The van der Waals surface area contributed by atoms with Gasteiger partial charge in [-0.3, -0.25) is 14.6 Å². The Morgan fingerprint density at radius 3 is 2.77 bits per heavy atom. The molecular weight excluding hydrogens is 417 g/mol. The number of aromatic nitrogens is 1. The van der Waals surface area contributed by atoms with Crippen LogP contribution in [-0.2, 0) is 27.1 Å². The number of benzene rings is 2. The second-order valence-electron chi connectivity index (χ2n) is 6.66. The second kappa shape index (κ2) is 7.98. The summed E-state index contributed by atoms with van der Waals surface area (Å²) < 4.78 is 43.8. The first-order chi connectivity index (χ1) is 14.3. The number of para-hydroxylation sites is 1. The minimum Gasteiger partial charge on any atom is -0.461 e. The van der Waals surface area contributed by atoms with Crippen molar-refractivity contribution in [3.63, 3.8) is 0 Å². The van der Waals surface area contributed by atoms with Gasteiger partial charge in [-0.05, 0) is 24.3 Å². The van der Waals surface area contributed by atoms with Gasteiger partial charge in [0.25, 0.3) is 0 Å². The average Bonchev–Trinajstić information content (AvgIpc) is 2.71. The molecule has 0 saturated carbocycles. The van der Waals surface area contributed by atoms with Gasteiger partial charge in [0.05, 0.1) is 28.4 Å². The van der Waals surface area contributed by atoms with Gasteiger partial charge >= 0.3 is 12.1 Å². The van der Waals surface area contributed by atoms with Crippen LogP contribution in [-0.4, -0.2) is 22.1 Å². The Hall–Kier alpha value is -3.07. The van der Waals surface area contributed by atoms with E-state index in [0.717, 1.165) is 40.4 Å². The Morgan fingerprint density at radius 1 is 1.17 bits per heavy atom. The zero-order valence-electron chi connectivity index (χ0n) is 15.4. The fourth-order valence-corrected chi connectivity index (χ4v) is 4.19. The van der Waals surface area contributed by atoms with Gasteiger partial charge in [-0.2, -0.15) is 13.2 Å². The number of rotatable bonds is 4. The number of anilines is 1. The van der Waals surface area contributed by atoms with Crippen LogP contribution < -0.4 is 5.32 Å². The highest BCUT2D eigenvalue weighted by atomic mass is 32.2. The molecule has 1 atom stereocenters. The molecule has 154 valence electrons. The molecular formula is C21H15F3N2O3S. The molecule has 0 saturated heterocycles. The average molecular weight is 432 g/mol. The Kier molecular flexibility index (Phi) is 5.38. The van der Waals surface area contributed by atoms with Gasteiger partial charge in [0.2, 0.25) is 5.91 Å². The molecule has 2 aromatic carbocycles. The molecule has 9 heteroatoms. The molecule has 4 rings (SSSR count). The van der Waals surface area contributed by atoms with Crippen LogP contribution in [0.5, 0.6) is 0 Å². The number of esters is 1. The third-order valence-electron chi connectivity index (χ3n) is 4.58. The number of nitrogens with zero attached hydrogens (tertiary/aromatic N) is 1. The Morgan fingerprint density at radius 2 is 1.97 bits per heavy atom. The Labute approximate surface area is 173 Å². The van der Waals surface area contributed by atoms with E-state index < -0.39 is 28.9 Å². The quantitative estimate of drug-likeness (QED) is 0.600. The zero-order chi connectivity index (χ0) is 21.3. The van der Waals surface area contributed by atoms with E-state index in [9.17, 15) is 22.8 Å². The fourth-order valence-electron chi connectivity index (χ4n) is 3.11. The summed E-state index contributed by atoms with van der Waals surface area (Å²) in [6.07, 6.45) is -3.05. The maximum absolute atomic E-state index is 12.8. The van der Waals surface area contributed by atoms with E-state index in [0.29, 0.717) is 4.90 Å². The minimum atomic E-state index is -4.50. The van der Waals surface area contributed by atoms with Gasteiger partial charge in [-0.15, -0.1) is 11.8 Å². The SMILES string of the molecule is O=C(C[C@@H]1Sc2ccc(C(F)(F)F)cc2NC1=O)OCc1cccc2cccnc12. The number of hydrogen-bond donors (Lipinski definition) is 1. The number of hydrogen-bond acceptors (Lipinski definition) is 5. The summed E-state index contributed by atoms with van der Waals surface area (Å²) in [7, 11) is 0. The first kappa shape index (κ1) is 20.2. The molecule has 1 aliphatic heterocycles. The number of ether oxygens (including phenoxy) is 1. The Bertz CT molecular complexity index is 1130. The van der Waals surface area contributed by atoms with E-state index in [1.165, 1.54) is 6.07 Å². The predicted molar refractivity (Wildman–Crippen MR) is 106 cm³/mol. The molecule has 1 aliphatic rings. The topological polar surface area (TPSA) is 68.3 Å². The third-order valence-corrected chi connectivity index (χ3v) is 5.86. The van der Waals surface area contributed by atoms with E-state index in [2.05, 4.69) is 10.3 Å². The number of carbonyl (C=O) groups excluding carboxylic acids is 2. The highest BCUT2D eigenvalue weighted by Crippen LogP contribution is 2.40. The fraction of sp³-hybridized carbons (Fsp3) is 0.190. The van der Waals surface area contributed by atoms with Crippen LogP contribution in [0.2, 0.25) is 0 Å². The Balaban J connectivity index is 1.41. The van der Waals surface area contributed by atoms with Crippen molar-refractivity contribution < 1.29 is 27.5 Å². The molecule has 0 spiro atoms. The summed E-state index contributed by atoms with van der Waals surface area (Å²) in [5.74, 6) is -1.11.